The molecule has 2 aliphatic rings. The Morgan fingerprint density at radius 1 is 1.13 bits per heavy atom. The molecule has 0 bridgehead atoms. The van der Waals surface area contributed by atoms with Crippen molar-refractivity contribution >= 4 is 17.2 Å². The number of hydrogen-bond acceptors (Lipinski definition) is 5. The van der Waals surface area contributed by atoms with Gasteiger partial charge in [0.2, 0.25) is 0 Å². The molecule has 1 spiro atoms. The van der Waals surface area contributed by atoms with Gasteiger partial charge in [0.1, 0.15) is 11.2 Å². The van der Waals surface area contributed by atoms with Crippen LogP contribution in [0.5, 0.6) is 0 Å². The third-order valence-electron chi connectivity index (χ3n) is 5.46. The topological polar surface area (TPSA) is 63.9 Å². The Morgan fingerprint density at radius 3 is 2.61 bits per heavy atom. The highest BCUT2D eigenvalue weighted by Gasteiger charge is 2.37. The standard InChI is InChI=1S/C16H21N5OS/c22-15(14-13(4-11-23-14)21-12-17-18-19-21)20-9-7-16(8-10-20)5-2-1-3-6-16/h4,11-12H,1-3,5-10H2. The summed E-state index contributed by atoms with van der Waals surface area (Å²) >= 11 is 1.47. The third kappa shape index (κ3) is 2.78. The van der Waals surface area contributed by atoms with Crippen LogP contribution >= 0.6 is 11.3 Å². The van der Waals surface area contributed by atoms with Crippen molar-refractivity contribution in [2.45, 2.75) is 44.9 Å². The molecule has 4 rings (SSSR count). The van der Waals surface area contributed by atoms with Crippen molar-refractivity contribution in [3.8, 4) is 5.69 Å². The lowest BCUT2D eigenvalue weighted by atomic mass is 9.68. The maximum absolute atomic E-state index is 12.9. The van der Waals surface area contributed by atoms with E-state index >= 15 is 0 Å². The predicted octanol–water partition coefficient (Wildman–Crippen LogP) is 2.91. The summed E-state index contributed by atoms with van der Waals surface area (Å²) in [4.78, 5) is 15.6. The number of tetrazole rings is 1. The monoisotopic (exact) mass is 331 g/mol. The second-order valence-electron chi connectivity index (χ2n) is 6.74. The van der Waals surface area contributed by atoms with Crippen LogP contribution < -0.4 is 0 Å². The average molecular weight is 331 g/mol. The summed E-state index contributed by atoms with van der Waals surface area (Å²) in [5.74, 6) is 0.121. The molecule has 1 saturated heterocycles. The summed E-state index contributed by atoms with van der Waals surface area (Å²) in [7, 11) is 0. The molecule has 1 amide bonds. The van der Waals surface area contributed by atoms with Crippen LogP contribution in [0.1, 0.15) is 54.6 Å². The van der Waals surface area contributed by atoms with Crippen LogP contribution in [0.15, 0.2) is 17.8 Å². The highest BCUT2D eigenvalue weighted by atomic mass is 32.1. The number of nitrogens with zero attached hydrogens (tertiary/aromatic N) is 5. The van der Waals surface area contributed by atoms with E-state index < -0.39 is 0 Å². The van der Waals surface area contributed by atoms with Crippen molar-refractivity contribution < 1.29 is 4.79 Å². The molecule has 23 heavy (non-hydrogen) atoms. The molecule has 0 aromatic carbocycles. The zero-order valence-corrected chi connectivity index (χ0v) is 14.0. The molecule has 7 heteroatoms. The molecule has 2 fully saturated rings. The minimum atomic E-state index is 0.121. The lowest BCUT2D eigenvalue weighted by Crippen LogP contribution is -2.43. The average Bonchev–Trinajstić information content (AvgIpc) is 3.27. The fraction of sp³-hybridized carbons (Fsp3) is 0.625. The first kappa shape index (κ1) is 14.8. The summed E-state index contributed by atoms with van der Waals surface area (Å²) in [6, 6.07) is 1.90. The zero-order valence-electron chi connectivity index (χ0n) is 13.1. The molecular weight excluding hydrogens is 310 g/mol. The molecule has 122 valence electrons. The Hall–Kier alpha value is -1.76. The lowest BCUT2D eigenvalue weighted by Gasteiger charge is -2.44. The van der Waals surface area contributed by atoms with Crippen molar-refractivity contribution in [3.05, 3.63) is 22.7 Å². The smallest absolute Gasteiger partial charge is 0.266 e. The van der Waals surface area contributed by atoms with Gasteiger partial charge in [-0.3, -0.25) is 4.79 Å². The molecule has 2 aromatic rings. The molecule has 1 saturated carbocycles. The van der Waals surface area contributed by atoms with Gasteiger partial charge in [0.25, 0.3) is 5.91 Å². The van der Waals surface area contributed by atoms with Gasteiger partial charge in [-0.15, -0.1) is 16.4 Å². The molecule has 1 aliphatic heterocycles. The highest BCUT2D eigenvalue weighted by molar-refractivity contribution is 7.12. The van der Waals surface area contributed by atoms with Crippen LogP contribution in [0.4, 0.5) is 0 Å². The summed E-state index contributed by atoms with van der Waals surface area (Å²) in [6.45, 7) is 1.76. The number of hydrogen-bond donors (Lipinski definition) is 0. The predicted molar refractivity (Wildman–Crippen MR) is 87.7 cm³/mol. The molecule has 3 heterocycles. The number of rotatable bonds is 2. The first-order chi connectivity index (χ1) is 11.3. The van der Waals surface area contributed by atoms with Crippen molar-refractivity contribution in [2.24, 2.45) is 5.41 Å². The molecular formula is C16H21N5OS. The van der Waals surface area contributed by atoms with Crippen LogP contribution in [0.3, 0.4) is 0 Å². The minimum Gasteiger partial charge on any atom is -0.338 e. The summed E-state index contributed by atoms with van der Waals surface area (Å²) in [5, 5.41) is 13.2. The minimum absolute atomic E-state index is 0.121. The lowest BCUT2D eigenvalue weighted by molar-refractivity contribution is 0.0476. The third-order valence-corrected chi connectivity index (χ3v) is 6.35. The van der Waals surface area contributed by atoms with Gasteiger partial charge in [0.15, 0.2) is 0 Å². The van der Waals surface area contributed by atoms with E-state index in [1.54, 1.807) is 4.68 Å². The molecule has 0 radical (unpaired) electrons. The number of carbonyl (C=O) groups is 1. The number of amides is 1. The Morgan fingerprint density at radius 2 is 1.91 bits per heavy atom. The fourth-order valence-electron chi connectivity index (χ4n) is 4.04. The van der Waals surface area contributed by atoms with E-state index in [0.29, 0.717) is 5.41 Å². The number of thiophene rings is 1. The van der Waals surface area contributed by atoms with Crippen molar-refractivity contribution in [3.63, 3.8) is 0 Å². The van der Waals surface area contributed by atoms with Gasteiger partial charge in [0.05, 0.1) is 5.69 Å². The summed E-state index contributed by atoms with van der Waals surface area (Å²) < 4.78 is 1.57. The largest absolute Gasteiger partial charge is 0.338 e. The van der Waals surface area contributed by atoms with E-state index in [9.17, 15) is 4.79 Å². The summed E-state index contributed by atoms with van der Waals surface area (Å²) in [5.41, 5.74) is 1.30. The van der Waals surface area contributed by atoms with Gasteiger partial charge in [-0.05, 0) is 53.0 Å². The molecule has 2 aromatic heterocycles. The highest BCUT2D eigenvalue weighted by Crippen LogP contribution is 2.44. The second-order valence-corrected chi connectivity index (χ2v) is 7.66. The Bertz CT molecular complexity index is 664. The number of carbonyl (C=O) groups excluding carboxylic acids is 1. The number of likely N-dealkylation sites (tertiary alicyclic amines) is 1. The molecule has 0 atom stereocenters. The van der Waals surface area contributed by atoms with Crippen LogP contribution in [0, 0.1) is 5.41 Å². The van der Waals surface area contributed by atoms with Gasteiger partial charge < -0.3 is 4.90 Å². The van der Waals surface area contributed by atoms with Gasteiger partial charge in [-0.1, -0.05) is 19.3 Å². The Labute approximate surface area is 139 Å². The van der Waals surface area contributed by atoms with Crippen LogP contribution in [0.2, 0.25) is 0 Å². The quantitative estimate of drug-likeness (QED) is 0.849. The SMILES string of the molecule is O=C(c1sccc1-n1cnnn1)N1CCC2(CCCCC2)CC1. The number of aromatic nitrogens is 4. The fourth-order valence-corrected chi connectivity index (χ4v) is 4.89. The van der Waals surface area contributed by atoms with E-state index in [-0.39, 0.29) is 5.91 Å². The van der Waals surface area contributed by atoms with Gasteiger partial charge in [-0.25, -0.2) is 0 Å². The molecule has 1 aliphatic carbocycles. The normalized spacial score (nSPS) is 20.8. The van der Waals surface area contributed by atoms with Gasteiger partial charge >= 0.3 is 0 Å². The Kier molecular flexibility index (Phi) is 3.88. The van der Waals surface area contributed by atoms with Crippen LogP contribution in [-0.4, -0.2) is 44.1 Å². The van der Waals surface area contributed by atoms with Gasteiger partial charge in [-0.2, -0.15) is 4.68 Å². The maximum Gasteiger partial charge on any atom is 0.266 e. The first-order valence-corrected chi connectivity index (χ1v) is 9.26. The van der Waals surface area contributed by atoms with E-state index in [1.165, 1.54) is 49.8 Å². The second kappa shape index (κ2) is 6.03. The number of piperidine rings is 1. The Balaban J connectivity index is 1.48. The van der Waals surface area contributed by atoms with E-state index in [1.807, 2.05) is 16.3 Å². The maximum atomic E-state index is 12.9. The summed E-state index contributed by atoms with van der Waals surface area (Å²) in [6.07, 6.45) is 10.7. The van der Waals surface area contributed by atoms with Crippen molar-refractivity contribution in [1.29, 1.82) is 0 Å². The molecule has 0 unspecified atom stereocenters. The zero-order chi connectivity index (χ0) is 15.7. The van der Waals surface area contributed by atoms with Crippen LogP contribution in [0.25, 0.3) is 5.69 Å². The van der Waals surface area contributed by atoms with E-state index in [4.69, 9.17) is 0 Å². The first-order valence-electron chi connectivity index (χ1n) is 8.38. The van der Waals surface area contributed by atoms with E-state index in [0.717, 1.165) is 36.5 Å². The molecule has 6 nitrogen and oxygen atoms in total. The van der Waals surface area contributed by atoms with Crippen LogP contribution in [-0.2, 0) is 0 Å². The van der Waals surface area contributed by atoms with Gasteiger partial charge in [0, 0.05) is 13.1 Å². The van der Waals surface area contributed by atoms with Crippen molar-refractivity contribution in [1.82, 2.24) is 25.1 Å². The molecule has 0 N–H and O–H groups in total. The van der Waals surface area contributed by atoms with Crippen molar-refractivity contribution in [2.75, 3.05) is 13.1 Å². The van der Waals surface area contributed by atoms with E-state index in [2.05, 4.69) is 15.5 Å².